The van der Waals surface area contributed by atoms with Crippen molar-refractivity contribution in [2.24, 2.45) is 5.92 Å². The van der Waals surface area contributed by atoms with Crippen molar-refractivity contribution in [2.45, 2.75) is 25.9 Å². The van der Waals surface area contributed by atoms with E-state index < -0.39 is 0 Å². The van der Waals surface area contributed by atoms with E-state index in [-0.39, 0.29) is 6.03 Å². The molecule has 3 rings (SSSR count). The number of urea groups is 1. The van der Waals surface area contributed by atoms with Crippen LogP contribution < -0.4 is 10.6 Å². The highest BCUT2D eigenvalue weighted by Crippen LogP contribution is 2.46. The number of H-pyrrole nitrogens is 1. The second-order valence-corrected chi connectivity index (χ2v) is 6.04. The third-order valence-corrected chi connectivity index (χ3v) is 4.22. The highest BCUT2D eigenvalue weighted by Gasteiger charge is 2.35. The van der Waals surface area contributed by atoms with Crippen LogP contribution in [0.4, 0.5) is 15.7 Å². The molecule has 0 bridgehead atoms. The summed E-state index contributed by atoms with van der Waals surface area (Å²) in [6.45, 7) is 2.63. The van der Waals surface area contributed by atoms with Crippen LogP contribution in [0.25, 0.3) is 0 Å². The van der Waals surface area contributed by atoms with Gasteiger partial charge >= 0.3 is 6.03 Å². The molecule has 2 heterocycles. The maximum atomic E-state index is 11.9. The van der Waals surface area contributed by atoms with Crippen LogP contribution in [0.3, 0.4) is 0 Å². The molecule has 1 fully saturated rings. The number of methoxy groups -OCH3 is 1. The zero-order valence-corrected chi connectivity index (χ0v) is 12.7. The van der Waals surface area contributed by atoms with Crippen molar-refractivity contribution in [3.63, 3.8) is 0 Å². The Bertz CT molecular complexity index is 638. The lowest BCUT2D eigenvalue weighted by atomic mass is 10.2. The van der Waals surface area contributed by atoms with Gasteiger partial charge in [-0.2, -0.15) is 5.10 Å². The van der Waals surface area contributed by atoms with E-state index >= 15 is 0 Å². The molecule has 2 aromatic rings. The van der Waals surface area contributed by atoms with Gasteiger partial charge in [-0.25, -0.2) is 9.78 Å². The quantitative estimate of drug-likeness (QED) is 0.792. The summed E-state index contributed by atoms with van der Waals surface area (Å²) >= 11 is 1.36. The number of rotatable bonds is 5. The molecule has 1 aliphatic rings. The van der Waals surface area contributed by atoms with Gasteiger partial charge in [0.1, 0.15) is 0 Å². The Morgan fingerprint density at radius 3 is 3.10 bits per heavy atom. The lowest BCUT2D eigenvalue weighted by Crippen LogP contribution is -2.19. The first-order valence-corrected chi connectivity index (χ1v) is 7.60. The average molecular weight is 307 g/mol. The fourth-order valence-electron chi connectivity index (χ4n) is 2.17. The van der Waals surface area contributed by atoms with E-state index in [0.29, 0.717) is 29.4 Å². The van der Waals surface area contributed by atoms with Crippen LogP contribution in [-0.4, -0.2) is 28.3 Å². The number of aromatic nitrogens is 3. The van der Waals surface area contributed by atoms with Crippen molar-refractivity contribution in [1.82, 2.24) is 15.2 Å². The van der Waals surface area contributed by atoms with Crippen LogP contribution in [0, 0.1) is 5.92 Å². The van der Waals surface area contributed by atoms with Crippen molar-refractivity contribution in [3.8, 4) is 0 Å². The monoisotopic (exact) mass is 307 g/mol. The van der Waals surface area contributed by atoms with E-state index in [0.717, 1.165) is 11.4 Å². The Morgan fingerprint density at radius 1 is 1.57 bits per heavy atom. The number of carbonyl (C=O) groups is 1. The van der Waals surface area contributed by atoms with Gasteiger partial charge in [0.2, 0.25) is 0 Å². The Hall–Kier alpha value is -1.93. The summed E-state index contributed by atoms with van der Waals surface area (Å²) in [6.07, 6.45) is 1.18. The number of aromatic amines is 1. The number of amides is 2. The summed E-state index contributed by atoms with van der Waals surface area (Å²) in [7, 11) is 1.61. The van der Waals surface area contributed by atoms with Crippen LogP contribution >= 0.6 is 11.3 Å². The second-order valence-electron chi connectivity index (χ2n) is 5.18. The molecule has 7 nitrogen and oxygen atoms in total. The van der Waals surface area contributed by atoms with Gasteiger partial charge in [0.05, 0.1) is 12.3 Å². The summed E-state index contributed by atoms with van der Waals surface area (Å²) in [4.78, 5) is 16.1. The van der Waals surface area contributed by atoms with Gasteiger partial charge in [0.15, 0.2) is 10.9 Å². The molecular formula is C13H17N5O2S. The highest BCUT2D eigenvalue weighted by atomic mass is 32.1. The van der Waals surface area contributed by atoms with E-state index in [9.17, 15) is 4.79 Å². The van der Waals surface area contributed by atoms with E-state index in [1.807, 2.05) is 11.4 Å². The predicted octanol–water partition coefficient (Wildman–Crippen LogP) is 2.78. The van der Waals surface area contributed by atoms with E-state index in [4.69, 9.17) is 4.74 Å². The molecule has 2 amide bonds. The fraction of sp³-hybridized carbons (Fsp3) is 0.462. The summed E-state index contributed by atoms with van der Waals surface area (Å²) in [6, 6.07) is 1.53. The van der Waals surface area contributed by atoms with Crippen LogP contribution in [0.15, 0.2) is 11.4 Å². The molecule has 0 unspecified atom stereocenters. The molecule has 0 aromatic carbocycles. The van der Waals surface area contributed by atoms with Crippen molar-refractivity contribution >= 4 is 28.3 Å². The molecule has 112 valence electrons. The van der Waals surface area contributed by atoms with Crippen molar-refractivity contribution in [3.05, 3.63) is 22.8 Å². The predicted molar refractivity (Wildman–Crippen MR) is 80.6 cm³/mol. The Morgan fingerprint density at radius 2 is 2.38 bits per heavy atom. The highest BCUT2D eigenvalue weighted by molar-refractivity contribution is 7.13. The van der Waals surface area contributed by atoms with Gasteiger partial charge in [-0.05, 0) is 12.3 Å². The van der Waals surface area contributed by atoms with Crippen LogP contribution in [-0.2, 0) is 11.3 Å². The van der Waals surface area contributed by atoms with Crippen molar-refractivity contribution < 1.29 is 9.53 Å². The minimum atomic E-state index is -0.352. The largest absolute Gasteiger partial charge is 0.378 e. The third-order valence-electron chi connectivity index (χ3n) is 3.41. The fourth-order valence-corrected chi connectivity index (χ4v) is 2.86. The Balaban J connectivity index is 1.54. The average Bonchev–Trinajstić information content (AvgIpc) is 2.85. The van der Waals surface area contributed by atoms with Crippen molar-refractivity contribution in [1.29, 1.82) is 0 Å². The zero-order chi connectivity index (χ0) is 14.8. The number of ether oxygens (including phenoxy) is 1. The molecule has 0 saturated heterocycles. The molecule has 2 aromatic heterocycles. The number of hydrogen-bond acceptors (Lipinski definition) is 5. The Labute approximate surface area is 126 Å². The Kier molecular flexibility index (Phi) is 3.89. The van der Waals surface area contributed by atoms with Gasteiger partial charge in [-0.15, -0.1) is 11.3 Å². The van der Waals surface area contributed by atoms with Crippen LogP contribution in [0.2, 0.25) is 0 Å². The molecular weight excluding hydrogens is 290 g/mol. The van der Waals surface area contributed by atoms with E-state index in [1.54, 1.807) is 7.11 Å². The summed E-state index contributed by atoms with van der Waals surface area (Å²) < 4.78 is 4.98. The molecule has 0 spiro atoms. The number of hydrogen-bond donors (Lipinski definition) is 3. The first-order valence-electron chi connectivity index (χ1n) is 6.72. The maximum Gasteiger partial charge on any atom is 0.326 e. The SMILES string of the molecule is COCc1csc(NC(=O)Nc2cc([C@@H]3C[C@H]3C)[nH]n2)n1. The number of thiazole rings is 1. The second kappa shape index (κ2) is 5.82. The molecule has 0 radical (unpaired) electrons. The van der Waals surface area contributed by atoms with Crippen molar-refractivity contribution in [2.75, 3.05) is 17.7 Å². The molecule has 21 heavy (non-hydrogen) atoms. The topological polar surface area (TPSA) is 91.9 Å². The van der Waals surface area contributed by atoms with E-state index in [2.05, 4.69) is 32.7 Å². The summed E-state index contributed by atoms with van der Waals surface area (Å²) in [5, 5.41) is 14.8. The number of nitrogens with one attached hydrogen (secondary N) is 3. The first kappa shape index (κ1) is 14.0. The normalized spacial score (nSPS) is 20.3. The molecule has 2 atom stereocenters. The lowest BCUT2D eigenvalue weighted by molar-refractivity contribution is 0.182. The third kappa shape index (κ3) is 3.40. The molecule has 1 aliphatic carbocycles. The molecule has 3 N–H and O–H groups in total. The smallest absolute Gasteiger partial charge is 0.326 e. The number of carbonyl (C=O) groups excluding carboxylic acids is 1. The molecule has 0 aliphatic heterocycles. The minimum Gasteiger partial charge on any atom is -0.378 e. The van der Waals surface area contributed by atoms with Crippen LogP contribution in [0.5, 0.6) is 0 Å². The standard InChI is InChI=1S/C13H17N5O2S/c1-7-3-9(7)10-4-11(18-17-10)15-12(19)16-13-14-8(5-20-2)6-21-13/h4,6-7,9H,3,5H2,1-2H3,(H3,14,15,16,17,18,19)/t7-,9-/m1/s1. The number of nitrogens with zero attached hydrogens (tertiary/aromatic N) is 2. The molecule has 1 saturated carbocycles. The summed E-state index contributed by atoms with van der Waals surface area (Å²) in [5.74, 6) is 1.77. The first-order chi connectivity index (χ1) is 10.2. The van der Waals surface area contributed by atoms with Gasteiger partial charge < -0.3 is 4.74 Å². The van der Waals surface area contributed by atoms with Crippen LogP contribution in [0.1, 0.15) is 30.7 Å². The maximum absolute atomic E-state index is 11.9. The van der Waals surface area contributed by atoms with Gasteiger partial charge in [-0.1, -0.05) is 6.92 Å². The molecule has 8 heteroatoms. The van der Waals surface area contributed by atoms with Gasteiger partial charge in [0.25, 0.3) is 0 Å². The van der Waals surface area contributed by atoms with Gasteiger partial charge in [-0.3, -0.25) is 15.7 Å². The lowest BCUT2D eigenvalue weighted by Gasteiger charge is -2.01. The summed E-state index contributed by atoms with van der Waals surface area (Å²) in [5.41, 5.74) is 1.87. The van der Waals surface area contributed by atoms with Gasteiger partial charge in [0, 0.05) is 30.2 Å². The zero-order valence-electron chi connectivity index (χ0n) is 11.8. The number of anilines is 2. The minimum absolute atomic E-state index is 0.352. The van der Waals surface area contributed by atoms with E-state index in [1.165, 1.54) is 17.8 Å².